The number of hydrogen-bond donors (Lipinski definition) is 2. The van der Waals surface area contributed by atoms with E-state index >= 15 is 0 Å². The summed E-state index contributed by atoms with van der Waals surface area (Å²) in [6.45, 7) is 10.6. The highest BCUT2D eigenvalue weighted by Gasteiger charge is 2.24. The lowest BCUT2D eigenvalue weighted by molar-refractivity contribution is -0.119. The summed E-state index contributed by atoms with van der Waals surface area (Å²) in [5, 5.41) is 6.39. The zero-order chi connectivity index (χ0) is 15.4. The molecule has 2 rings (SSSR count). The van der Waals surface area contributed by atoms with Crippen LogP contribution < -0.4 is 15.5 Å². The lowest BCUT2D eigenvalue weighted by Gasteiger charge is -2.20. The Bertz CT molecular complexity index is 501. The Kier molecular flexibility index (Phi) is 5.17. The van der Waals surface area contributed by atoms with Gasteiger partial charge in [-0.05, 0) is 30.5 Å². The molecule has 5 nitrogen and oxygen atoms in total. The molecule has 0 spiro atoms. The van der Waals surface area contributed by atoms with Crippen LogP contribution in [0.1, 0.15) is 38.3 Å². The average molecular weight is 290 g/mol. The van der Waals surface area contributed by atoms with Crippen LogP contribution in [0.2, 0.25) is 0 Å². The van der Waals surface area contributed by atoms with Gasteiger partial charge in [0.15, 0.2) is 0 Å². The second-order valence-corrected chi connectivity index (χ2v) is 6.15. The summed E-state index contributed by atoms with van der Waals surface area (Å²) in [5.41, 5.74) is 2.41. The molecule has 0 radical (unpaired) electrons. The SMILES string of the molecule is CC(=O)NC1CCN(c2ncc(CNC(C)C)cc2C)C1. The largest absolute Gasteiger partial charge is 0.354 e. The zero-order valence-corrected chi connectivity index (χ0v) is 13.4. The van der Waals surface area contributed by atoms with Gasteiger partial charge in [-0.3, -0.25) is 4.79 Å². The van der Waals surface area contributed by atoms with Gasteiger partial charge in [0.2, 0.25) is 5.91 Å². The van der Waals surface area contributed by atoms with E-state index in [4.69, 9.17) is 0 Å². The van der Waals surface area contributed by atoms with Crippen LogP contribution in [-0.4, -0.2) is 36.1 Å². The predicted octanol–water partition coefficient (Wildman–Crippen LogP) is 1.60. The van der Waals surface area contributed by atoms with Gasteiger partial charge in [-0.15, -0.1) is 0 Å². The van der Waals surface area contributed by atoms with Crippen molar-refractivity contribution in [2.75, 3.05) is 18.0 Å². The number of rotatable bonds is 5. The Labute approximate surface area is 127 Å². The van der Waals surface area contributed by atoms with Gasteiger partial charge in [0.05, 0.1) is 0 Å². The van der Waals surface area contributed by atoms with Crippen molar-refractivity contribution in [1.82, 2.24) is 15.6 Å². The molecule has 0 aromatic carbocycles. The maximum absolute atomic E-state index is 11.1. The monoisotopic (exact) mass is 290 g/mol. The number of aryl methyl sites for hydroxylation is 1. The number of pyridine rings is 1. The molecule has 2 N–H and O–H groups in total. The maximum atomic E-state index is 11.1. The van der Waals surface area contributed by atoms with Crippen LogP contribution >= 0.6 is 0 Å². The summed E-state index contributed by atoms with van der Waals surface area (Å²) < 4.78 is 0. The summed E-state index contributed by atoms with van der Waals surface area (Å²) in [4.78, 5) is 18.0. The van der Waals surface area contributed by atoms with Crippen molar-refractivity contribution in [3.8, 4) is 0 Å². The van der Waals surface area contributed by atoms with E-state index < -0.39 is 0 Å². The Morgan fingerprint density at radius 1 is 1.52 bits per heavy atom. The second-order valence-electron chi connectivity index (χ2n) is 6.15. The van der Waals surface area contributed by atoms with Crippen molar-refractivity contribution in [3.63, 3.8) is 0 Å². The molecule has 5 heteroatoms. The molecule has 1 fully saturated rings. The first-order valence-corrected chi connectivity index (χ1v) is 7.66. The standard InChI is InChI=1S/C16H26N4O/c1-11(2)17-8-14-7-12(3)16(18-9-14)20-6-5-15(10-20)19-13(4)21/h7,9,11,15,17H,5-6,8,10H2,1-4H3,(H,19,21). The summed E-state index contributed by atoms with van der Waals surface area (Å²) in [6.07, 6.45) is 2.93. The molecule has 1 saturated heterocycles. The summed E-state index contributed by atoms with van der Waals surface area (Å²) in [5.74, 6) is 1.08. The van der Waals surface area contributed by atoms with E-state index in [2.05, 4.69) is 47.4 Å². The van der Waals surface area contributed by atoms with Crippen molar-refractivity contribution in [2.45, 2.75) is 52.7 Å². The number of nitrogens with one attached hydrogen (secondary N) is 2. The highest BCUT2D eigenvalue weighted by atomic mass is 16.1. The Hall–Kier alpha value is -1.62. The Morgan fingerprint density at radius 3 is 2.90 bits per heavy atom. The number of carbonyl (C=O) groups excluding carboxylic acids is 1. The van der Waals surface area contributed by atoms with Gasteiger partial charge in [0.25, 0.3) is 0 Å². The fraction of sp³-hybridized carbons (Fsp3) is 0.625. The maximum Gasteiger partial charge on any atom is 0.217 e. The van der Waals surface area contributed by atoms with Gasteiger partial charge in [-0.1, -0.05) is 13.8 Å². The predicted molar refractivity (Wildman–Crippen MR) is 85.4 cm³/mol. The van der Waals surface area contributed by atoms with Crippen LogP contribution in [0.4, 0.5) is 5.82 Å². The quantitative estimate of drug-likeness (QED) is 0.865. The third kappa shape index (κ3) is 4.43. The number of aromatic nitrogens is 1. The third-order valence-corrected chi connectivity index (χ3v) is 3.72. The number of amides is 1. The molecule has 1 atom stereocenters. The van der Waals surface area contributed by atoms with E-state index in [1.807, 2.05) is 6.20 Å². The Balaban J connectivity index is 1.99. The average Bonchev–Trinajstić information content (AvgIpc) is 2.83. The van der Waals surface area contributed by atoms with Gasteiger partial charge >= 0.3 is 0 Å². The molecule has 0 aliphatic carbocycles. The fourth-order valence-electron chi connectivity index (χ4n) is 2.73. The molecule has 0 saturated carbocycles. The van der Waals surface area contributed by atoms with Crippen LogP contribution in [0.5, 0.6) is 0 Å². The van der Waals surface area contributed by atoms with Crippen LogP contribution in [0.3, 0.4) is 0 Å². The van der Waals surface area contributed by atoms with Crippen LogP contribution in [-0.2, 0) is 11.3 Å². The van der Waals surface area contributed by atoms with Gasteiger partial charge in [0, 0.05) is 44.8 Å². The van der Waals surface area contributed by atoms with E-state index in [9.17, 15) is 4.79 Å². The number of nitrogens with zero attached hydrogens (tertiary/aromatic N) is 2. The first kappa shape index (κ1) is 15.8. The van der Waals surface area contributed by atoms with Crippen molar-refractivity contribution in [2.24, 2.45) is 0 Å². The van der Waals surface area contributed by atoms with E-state index in [-0.39, 0.29) is 11.9 Å². The van der Waals surface area contributed by atoms with Crippen molar-refractivity contribution < 1.29 is 4.79 Å². The molecule has 1 unspecified atom stereocenters. The zero-order valence-electron chi connectivity index (χ0n) is 13.4. The number of anilines is 1. The molecule has 1 aliphatic heterocycles. The van der Waals surface area contributed by atoms with Crippen LogP contribution in [0.25, 0.3) is 0 Å². The molecular formula is C16H26N4O. The van der Waals surface area contributed by atoms with Crippen LogP contribution in [0.15, 0.2) is 12.3 Å². The van der Waals surface area contributed by atoms with Gasteiger partial charge in [0.1, 0.15) is 5.82 Å². The summed E-state index contributed by atoms with van der Waals surface area (Å²) in [7, 11) is 0. The first-order valence-electron chi connectivity index (χ1n) is 7.66. The smallest absolute Gasteiger partial charge is 0.217 e. The molecule has 1 amide bonds. The van der Waals surface area contributed by atoms with Gasteiger partial charge < -0.3 is 15.5 Å². The molecular weight excluding hydrogens is 264 g/mol. The van der Waals surface area contributed by atoms with E-state index in [0.29, 0.717) is 6.04 Å². The van der Waals surface area contributed by atoms with E-state index in [1.165, 1.54) is 11.1 Å². The first-order chi connectivity index (χ1) is 9.95. The van der Waals surface area contributed by atoms with Crippen LogP contribution in [0, 0.1) is 6.92 Å². The Morgan fingerprint density at radius 2 is 2.29 bits per heavy atom. The van der Waals surface area contributed by atoms with E-state index in [1.54, 1.807) is 6.92 Å². The highest BCUT2D eigenvalue weighted by molar-refractivity contribution is 5.73. The number of carbonyl (C=O) groups is 1. The van der Waals surface area contributed by atoms with Gasteiger partial charge in [-0.2, -0.15) is 0 Å². The molecule has 1 aromatic heterocycles. The van der Waals surface area contributed by atoms with Crippen molar-refractivity contribution >= 4 is 11.7 Å². The summed E-state index contributed by atoms with van der Waals surface area (Å²) in [6, 6.07) is 2.91. The fourth-order valence-corrected chi connectivity index (χ4v) is 2.73. The van der Waals surface area contributed by atoms with Crippen molar-refractivity contribution in [1.29, 1.82) is 0 Å². The number of hydrogen-bond acceptors (Lipinski definition) is 4. The lowest BCUT2D eigenvalue weighted by Crippen LogP contribution is -2.35. The van der Waals surface area contributed by atoms with Gasteiger partial charge in [-0.25, -0.2) is 4.98 Å². The minimum Gasteiger partial charge on any atom is -0.354 e. The normalized spacial score (nSPS) is 18.3. The molecule has 1 aromatic rings. The minimum absolute atomic E-state index is 0.0432. The van der Waals surface area contributed by atoms with Crippen molar-refractivity contribution in [3.05, 3.63) is 23.4 Å². The topological polar surface area (TPSA) is 57.3 Å². The highest BCUT2D eigenvalue weighted by Crippen LogP contribution is 2.22. The molecule has 21 heavy (non-hydrogen) atoms. The summed E-state index contributed by atoms with van der Waals surface area (Å²) >= 11 is 0. The molecule has 1 aliphatic rings. The van der Waals surface area contributed by atoms with E-state index in [0.717, 1.165) is 31.9 Å². The third-order valence-electron chi connectivity index (χ3n) is 3.72. The molecule has 2 heterocycles. The molecule has 116 valence electrons. The second kappa shape index (κ2) is 6.89. The lowest BCUT2D eigenvalue weighted by atomic mass is 10.2. The minimum atomic E-state index is 0.0432. The molecule has 0 bridgehead atoms.